The number of aryl methyl sites for hydroxylation is 2. The first-order valence-electron chi connectivity index (χ1n) is 9.12. The SMILES string of the molecule is CC(=O)N1CCCc2cc(S(=O)(=O)NCCn3nc(C)c(C)c3C)ccc21. The van der Waals surface area contributed by atoms with E-state index in [0.717, 1.165) is 41.0 Å². The minimum absolute atomic E-state index is 0.0233. The van der Waals surface area contributed by atoms with Crippen LogP contribution >= 0.6 is 0 Å². The molecular weight excluding hydrogens is 364 g/mol. The smallest absolute Gasteiger partial charge is 0.240 e. The van der Waals surface area contributed by atoms with Crippen LogP contribution in [0.25, 0.3) is 0 Å². The molecule has 0 atom stereocenters. The Kier molecular flexibility index (Phi) is 5.39. The first-order valence-corrected chi connectivity index (χ1v) is 10.6. The maximum absolute atomic E-state index is 12.7. The average molecular weight is 391 g/mol. The maximum atomic E-state index is 12.7. The topological polar surface area (TPSA) is 84.3 Å². The minimum atomic E-state index is -3.61. The lowest BCUT2D eigenvalue weighted by atomic mass is 10.0. The zero-order chi connectivity index (χ0) is 19.8. The van der Waals surface area contributed by atoms with Crippen molar-refractivity contribution in [3.63, 3.8) is 0 Å². The van der Waals surface area contributed by atoms with Gasteiger partial charge in [-0.2, -0.15) is 5.10 Å². The van der Waals surface area contributed by atoms with Gasteiger partial charge in [0, 0.05) is 31.4 Å². The number of benzene rings is 1. The summed E-state index contributed by atoms with van der Waals surface area (Å²) >= 11 is 0. The number of carbonyl (C=O) groups excluding carboxylic acids is 1. The van der Waals surface area contributed by atoms with Crippen molar-refractivity contribution < 1.29 is 13.2 Å². The van der Waals surface area contributed by atoms with Gasteiger partial charge in [-0.25, -0.2) is 13.1 Å². The largest absolute Gasteiger partial charge is 0.312 e. The summed E-state index contributed by atoms with van der Waals surface area (Å²) in [7, 11) is -3.61. The lowest BCUT2D eigenvalue weighted by molar-refractivity contribution is -0.116. The van der Waals surface area contributed by atoms with Gasteiger partial charge in [0.2, 0.25) is 15.9 Å². The molecule has 0 unspecified atom stereocenters. The predicted octanol–water partition coefficient (Wildman–Crippen LogP) is 2.09. The normalized spacial score (nSPS) is 14.3. The van der Waals surface area contributed by atoms with Crippen molar-refractivity contribution in [1.29, 1.82) is 0 Å². The fourth-order valence-corrected chi connectivity index (χ4v) is 4.51. The van der Waals surface area contributed by atoms with E-state index in [-0.39, 0.29) is 17.3 Å². The lowest BCUT2D eigenvalue weighted by Crippen LogP contribution is -2.34. The average Bonchev–Trinajstić information content (AvgIpc) is 2.87. The summed E-state index contributed by atoms with van der Waals surface area (Å²) in [6.45, 7) is 8.88. The summed E-state index contributed by atoms with van der Waals surface area (Å²) in [5, 5.41) is 4.43. The molecule has 27 heavy (non-hydrogen) atoms. The van der Waals surface area contributed by atoms with E-state index in [1.54, 1.807) is 23.1 Å². The molecule has 0 saturated carbocycles. The molecule has 0 aliphatic carbocycles. The van der Waals surface area contributed by atoms with Crippen molar-refractivity contribution in [2.24, 2.45) is 0 Å². The van der Waals surface area contributed by atoms with E-state index in [4.69, 9.17) is 0 Å². The van der Waals surface area contributed by atoms with Crippen molar-refractivity contribution in [1.82, 2.24) is 14.5 Å². The van der Waals surface area contributed by atoms with Crippen molar-refractivity contribution in [3.05, 3.63) is 40.7 Å². The second-order valence-electron chi connectivity index (χ2n) is 6.98. The van der Waals surface area contributed by atoms with E-state index in [0.29, 0.717) is 13.1 Å². The number of nitrogens with zero attached hydrogens (tertiary/aromatic N) is 3. The van der Waals surface area contributed by atoms with Gasteiger partial charge < -0.3 is 4.90 Å². The van der Waals surface area contributed by atoms with Gasteiger partial charge >= 0.3 is 0 Å². The molecule has 1 N–H and O–H groups in total. The molecule has 8 heteroatoms. The Bertz CT molecular complexity index is 979. The predicted molar refractivity (Wildman–Crippen MR) is 104 cm³/mol. The number of hydrogen-bond donors (Lipinski definition) is 1. The highest BCUT2D eigenvalue weighted by atomic mass is 32.2. The Morgan fingerprint density at radius 1 is 1.26 bits per heavy atom. The van der Waals surface area contributed by atoms with E-state index in [2.05, 4.69) is 9.82 Å². The second kappa shape index (κ2) is 7.44. The summed E-state index contributed by atoms with van der Waals surface area (Å²) in [6, 6.07) is 4.98. The van der Waals surface area contributed by atoms with Crippen molar-refractivity contribution in [2.75, 3.05) is 18.0 Å². The first kappa shape index (κ1) is 19.6. The third-order valence-corrected chi connectivity index (χ3v) is 6.68. The summed E-state index contributed by atoms with van der Waals surface area (Å²) in [6.07, 6.45) is 1.61. The fourth-order valence-electron chi connectivity index (χ4n) is 3.44. The molecule has 2 aromatic rings. The van der Waals surface area contributed by atoms with E-state index in [1.165, 1.54) is 6.92 Å². The number of anilines is 1. The first-order chi connectivity index (χ1) is 12.7. The van der Waals surface area contributed by atoms with Gasteiger partial charge in [-0.05, 0) is 62.9 Å². The molecular formula is C19H26N4O3S. The van der Waals surface area contributed by atoms with Gasteiger partial charge in [-0.3, -0.25) is 9.48 Å². The molecule has 0 fully saturated rings. The Labute approximate surface area is 160 Å². The number of nitrogens with one attached hydrogen (secondary N) is 1. The summed E-state index contributed by atoms with van der Waals surface area (Å²) in [5.41, 5.74) is 4.84. The summed E-state index contributed by atoms with van der Waals surface area (Å²) < 4.78 is 29.8. The van der Waals surface area contributed by atoms with Gasteiger partial charge in [0.25, 0.3) is 0 Å². The molecule has 0 radical (unpaired) electrons. The van der Waals surface area contributed by atoms with Crippen molar-refractivity contribution >= 4 is 21.6 Å². The van der Waals surface area contributed by atoms with Crippen LogP contribution in [0, 0.1) is 20.8 Å². The van der Waals surface area contributed by atoms with Crippen LogP contribution in [0.4, 0.5) is 5.69 Å². The van der Waals surface area contributed by atoms with Crippen LogP contribution < -0.4 is 9.62 Å². The lowest BCUT2D eigenvalue weighted by Gasteiger charge is -2.28. The molecule has 0 saturated heterocycles. The number of rotatable bonds is 5. The third-order valence-electron chi connectivity index (χ3n) is 5.22. The number of sulfonamides is 1. The molecule has 1 aliphatic rings. The van der Waals surface area contributed by atoms with Crippen LogP contribution in [0.1, 0.15) is 35.9 Å². The monoisotopic (exact) mass is 390 g/mol. The second-order valence-corrected chi connectivity index (χ2v) is 8.75. The molecule has 3 rings (SSSR count). The molecule has 1 amide bonds. The Hall–Kier alpha value is -2.19. The number of carbonyl (C=O) groups is 1. The van der Waals surface area contributed by atoms with Gasteiger partial charge in [0.05, 0.1) is 17.1 Å². The molecule has 1 aromatic carbocycles. The van der Waals surface area contributed by atoms with Gasteiger partial charge in [-0.15, -0.1) is 0 Å². The molecule has 0 bridgehead atoms. The Balaban J connectivity index is 1.73. The molecule has 0 spiro atoms. The van der Waals surface area contributed by atoms with Gasteiger partial charge in [0.15, 0.2) is 0 Å². The molecule has 7 nitrogen and oxygen atoms in total. The highest BCUT2D eigenvalue weighted by molar-refractivity contribution is 7.89. The highest BCUT2D eigenvalue weighted by Gasteiger charge is 2.23. The van der Waals surface area contributed by atoms with Crippen molar-refractivity contribution in [2.45, 2.75) is 52.0 Å². The van der Waals surface area contributed by atoms with Crippen LogP contribution in [0.2, 0.25) is 0 Å². The fraction of sp³-hybridized carbons (Fsp3) is 0.474. The van der Waals surface area contributed by atoms with Crippen LogP contribution in [-0.2, 0) is 27.8 Å². The van der Waals surface area contributed by atoms with Crippen LogP contribution in [0.15, 0.2) is 23.1 Å². The van der Waals surface area contributed by atoms with E-state index in [9.17, 15) is 13.2 Å². The maximum Gasteiger partial charge on any atom is 0.240 e. The highest BCUT2D eigenvalue weighted by Crippen LogP contribution is 2.29. The number of amides is 1. The van der Waals surface area contributed by atoms with E-state index < -0.39 is 10.0 Å². The molecule has 1 aromatic heterocycles. The van der Waals surface area contributed by atoms with Crippen LogP contribution in [0.5, 0.6) is 0 Å². The standard InChI is InChI=1S/C19H26N4O3S/c1-13-14(2)21-23(15(13)3)11-9-20-27(25,26)18-7-8-19-17(12-18)6-5-10-22(19)16(4)24/h7-8,12,20H,5-6,9-11H2,1-4H3. The van der Waals surface area contributed by atoms with E-state index >= 15 is 0 Å². The minimum Gasteiger partial charge on any atom is -0.312 e. The zero-order valence-corrected chi connectivity index (χ0v) is 17.1. The van der Waals surface area contributed by atoms with Crippen molar-refractivity contribution in [3.8, 4) is 0 Å². The molecule has 146 valence electrons. The van der Waals surface area contributed by atoms with Crippen LogP contribution in [0.3, 0.4) is 0 Å². The quantitative estimate of drug-likeness (QED) is 0.847. The summed E-state index contributed by atoms with van der Waals surface area (Å²) in [5.74, 6) is -0.0233. The zero-order valence-electron chi connectivity index (χ0n) is 16.2. The Morgan fingerprint density at radius 3 is 2.63 bits per heavy atom. The van der Waals surface area contributed by atoms with Crippen LogP contribution in [-0.4, -0.2) is 37.2 Å². The number of hydrogen-bond acceptors (Lipinski definition) is 4. The summed E-state index contributed by atoms with van der Waals surface area (Å²) in [4.78, 5) is 13.7. The molecule has 1 aliphatic heterocycles. The number of aromatic nitrogens is 2. The Morgan fingerprint density at radius 2 is 2.00 bits per heavy atom. The van der Waals surface area contributed by atoms with E-state index in [1.807, 2.05) is 25.5 Å². The van der Waals surface area contributed by atoms with Gasteiger partial charge in [0.1, 0.15) is 0 Å². The molecule has 2 heterocycles. The third kappa shape index (κ3) is 3.91. The number of fused-ring (bicyclic) bond motifs is 1. The van der Waals surface area contributed by atoms with Gasteiger partial charge in [-0.1, -0.05) is 0 Å².